The lowest BCUT2D eigenvalue weighted by Gasteiger charge is -2.19. The van der Waals surface area contributed by atoms with Gasteiger partial charge in [0.1, 0.15) is 11.2 Å². The van der Waals surface area contributed by atoms with Gasteiger partial charge in [0.2, 0.25) is 11.6 Å². The lowest BCUT2D eigenvalue weighted by molar-refractivity contribution is -0.138. The maximum absolute atomic E-state index is 13.2. The van der Waals surface area contributed by atoms with Crippen molar-refractivity contribution in [3.8, 4) is 5.69 Å². The van der Waals surface area contributed by atoms with E-state index in [-0.39, 0.29) is 44.5 Å². The topological polar surface area (TPSA) is 163 Å². The van der Waals surface area contributed by atoms with Crippen molar-refractivity contribution in [1.29, 1.82) is 0 Å². The Morgan fingerprint density at radius 3 is 1.96 bits per heavy atom. The molecule has 4 aromatic rings. The number of carbonyl (C=O) groups is 3. The van der Waals surface area contributed by atoms with Gasteiger partial charge in [-0.3, -0.25) is 4.57 Å². The standard InChI is InChI=1S/C29H29BrF3N7O5/c1-27(2,3)44-24(41)21-38-20(34)19-22(39-21)40(23(37-19)25(42)45-28(4,5)6)16-10-7-14(8-11-16)35-26(43)36-15-9-12-18(30)17(13-15)29(31,32)33/h7-13H,1-6H3,(H2,34,38,39)(H2,35,36,43). The van der Waals surface area contributed by atoms with Crippen molar-refractivity contribution in [3.63, 3.8) is 0 Å². The molecule has 0 fully saturated rings. The minimum atomic E-state index is -4.62. The van der Waals surface area contributed by atoms with Crippen LogP contribution in [0.25, 0.3) is 16.9 Å². The predicted molar refractivity (Wildman–Crippen MR) is 163 cm³/mol. The van der Waals surface area contributed by atoms with Gasteiger partial charge in [-0.1, -0.05) is 15.9 Å². The minimum absolute atomic E-state index is 0.0124. The molecular formula is C29H29BrF3N7O5. The van der Waals surface area contributed by atoms with Crippen LogP contribution in [-0.4, -0.2) is 48.7 Å². The number of amides is 2. The molecule has 0 aliphatic rings. The van der Waals surface area contributed by atoms with Gasteiger partial charge in [-0.15, -0.1) is 0 Å². The summed E-state index contributed by atoms with van der Waals surface area (Å²) in [5, 5.41) is 4.89. The summed E-state index contributed by atoms with van der Waals surface area (Å²) in [6, 6.07) is 8.45. The Hall–Kier alpha value is -4.73. The lowest BCUT2D eigenvalue weighted by atomic mass is 10.2. The summed E-state index contributed by atoms with van der Waals surface area (Å²) in [5.74, 6) is -2.41. The molecule has 0 aliphatic carbocycles. The van der Waals surface area contributed by atoms with E-state index in [4.69, 9.17) is 15.2 Å². The Morgan fingerprint density at radius 2 is 1.38 bits per heavy atom. The summed E-state index contributed by atoms with van der Waals surface area (Å²) in [7, 11) is 0. The van der Waals surface area contributed by atoms with Gasteiger partial charge in [-0.05, 0) is 84.0 Å². The van der Waals surface area contributed by atoms with Crippen molar-refractivity contribution >= 4 is 62.3 Å². The van der Waals surface area contributed by atoms with E-state index in [1.807, 2.05) is 0 Å². The van der Waals surface area contributed by atoms with Crippen LogP contribution >= 0.6 is 15.9 Å². The second-order valence-electron chi connectivity index (χ2n) is 11.7. The number of esters is 2. The number of imidazole rings is 1. The fourth-order valence-electron chi connectivity index (χ4n) is 3.91. The van der Waals surface area contributed by atoms with E-state index in [2.05, 4.69) is 41.5 Å². The number of urea groups is 1. The number of hydrogen-bond acceptors (Lipinski definition) is 9. The predicted octanol–water partition coefficient (Wildman–Crippen LogP) is 6.73. The Balaban J connectivity index is 1.69. The molecule has 2 aromatic carbocycles. The van der Waals surface area contributed by atoms with Crippen LogP contribution in [0.3, 0.4) is 0 Å². The Kier molecular flexibility index (Phi) is 8.83. The number of nitrogens with one attached hydrogen (secondary N) is 2. The molecule has 2 amide bonds. The number of aromatic nitrogens is 4. The second-order valence-corrected chi connectivity index (χ2v) is 12.6. The Bertz CT molecular complexity index is 1790. The van der Waals surface area contributed by atoms with Gasteiger partial charge in [0.15, 0.2) is 17.0 Å². The number of ether oxygens (including phenoxy) is 2. The normalized spacial score (nSPS) is 12.1. The van der Waals surface area contributed by atoms with Gasteiger partial charge in [0.25, 0.3) is 0 Å². The third-order valence-corrected chi connectivity index (χ3v) is 6.30. The van der Waals surface area contributed by atoms with Gasteiger partial charge >= 0.3 is 24.1 Å². The van der Waals surface area contributed by atoms with E-state index >= 15 is 0 Å². The number of hydrogen-bond donors (Lipinski definition) is 3. The molecule has 45 heavy (non-hydrogen) atoms. The van der Waals surface area contributed by atoms with Gasteiger partial charge < -0.3 is 25.8 Å². The first-order valence-corrected chi connectivity index (χ1v) is 14.1. The number of anilines is 3. The van der Waals surface area contributed by atoms with Crippen LogP contribution in [0.2, 0.25) is 0 Å². The number of nitrogen functional groups attached to an aromatic ring is 1. The van der Waals surface area contributed by atoms with E-state index < -0.39 is 40.9 Å². The maximum atomic E-state index is 13.2. The number of halogens is 4. The number of rotatable bonds is 5. The zero-order valence-corrected chi connectivity index (χ0v) is 26.5. The summed E-state index contributed by atoms with van der Waals surface area (Å²) >= 11 is 2.86. The molecule has 4 rings (SSSR count). The fourth-order valence-corrected chi connectivity index (χ4v) is 4.38. The third kappa shape index (κ3) is 8.06. The highest BCUT2D eigenvalue weighted by atomic mass is 79.9. The summed E-state index contributed by atoms with van der Waals surface area (Å²) < 4.78 is 51.8. The van der Waals surface area contributed by atoms with Gasteiger partial charge in [-0.25, -0.2) is 29.3 Å². The zero-order valence-electron chi connectivity index (χ0n) is 25.0. The molecule has 2 heterocycles. The number of fused-ring (bicyclic) bond motifs is 1. The molecule has 0 spiro atoms. The molecule has 0 unspecified atom stereocenters. The van der Waals surface area contributed by atoms with Crippen molar-refractivity contribution in [3.05, 3.63) is 64.1 Å². The fraction of sp³-hybridized carbons (Fsp3) is 0.310. The van der Waals surface area contributed by atoms with Crippen LogP contribution in [-0.2, 0) is 15.7 Å². The summed E-state index contributed by atoms with van der Waals surface area (Å²) in [4.78, 5) is 51.2. The first kappa shape index (κ1) is 33.2. The molecule has 12 nitrogen and oxygen atoms in total. The molecule has 0 bridgehead atoms. The van der Waals surface area contributed by atoms with E-state index in [0.29, 0.717) is 5.69 Å². The molecule has 238 valence electrons. The lowest BCUT2D eigenvalue weighted by Crippen LogP contribution is -2.26. The van der Waals surface area contributed by atoms with Crippen molar-refractivity contribution in [2.45, 2.75) is 58.9 Å². The molecule has 0 saturated heterocycles. The summed E-state index contributed by atoms with van der Waals surface area (Å²) in [6.45, 7) is 10.0. The summed E-state index contributed by atoms with van der Waals surface area (Å²) in [5.41, 5.74) is 3.99. The number of nitrogens with zero attached hydrogens (tertiary/aromatic N) is 4. The number of nitrogens with two attached hydrogens (primary N) is 1. The monoisotopic (exact) mass is 691 g/mol. The van der Waals surface area contributed by atoms with Gasteiger partial charge in [-0.2, -0.15) is 13.2 Å². The van der Waals surface area contributed by atoms with Gasteiger partial charge in [0.05, 0.1) is 5.56 Å². The zero-order chi connectivity index (χ0) is 33.5. The molecule has 0 saturated carbocycles. The number of carbonyl (C=O) groups excluding carboxylic acids is 3. The molecule has 0 radical (unpaired) electrons. The van der Waals surface area contributed by atoms with Crippen LogP contribution in [0, 0.1) is 0 Å². The number of alkyl halides is 3. The van der Waals surface area contributed by atoms with Crippen LogP contribution in [0.4, 0.5) is 35.2 Å². The minimum Gasteiger partial charge on any atom is -0.454 e. The van der Waals surface area contributed by atoms with Crippen LogP contribution in [0.5, 0.6) is 0 Å². The van der Waals surface area contributed by atoms with E-state index in [0.717, 1.165) is 6.07 Å². The number of benzene rings is 2. The Morgan fingerprint density at radius 1 is 0.822 bits per heavy atom. The second kappa shape index (κ2) is 12.0. The molecule has 0 atom stereocenters. The van der Waals surface area contributed by atoms with Crippen molar-refractivity contribution in [1.82, 2.24) is 19.5 Å². The van der Waals surface area contributed by atoms with Gasteiger partial charge in [0, 0.05) is 21.5 Å². The van der Waals surface area contributed by atoms with Crippen molar-refractivity contribution in [2.24, 2.45) is 0 Å². The van der Waals surface area contributed by atoms with E-state index in [9.17, 15) is 27.6 Å². The largest absolute Gasteiger partial charge is 0.454 e. The van der Waals surface area contributed by atoms with Crippen molar-refractivity contribution < 1.29 is 37.0 Å². The maximum Gasteiger partial charge on any atom is 0.417 e. The third-order valence-electron chi connectivity index (χ3n) is 5.61. The molecule has 16 heteroatoms. The van der Waals surface area contributed by atoms with Crippen LogP contribution in [0.15, 0.2) is 46.9 Å². The highest BCUT2D eigenvalue weighted by Gasteiger charge is 2.33. The summed E-state index contributed by atoms with van der Waals surface area (Å²) in [6.07, 6.45) is -4.62. The van der Waals surface area contributed by atoms with Crippen LogP contribution < -0.4 is 16.4 Å². The van der Waals surface area contributed by atoms with E-state index in [1.54, 1.807) is 41.5 Å². The average Bonchev–Trinajstić information content (AvgIpc) is 3.28. The Labute approximate surface area is 263 Å². The van der Waals surface area contributed by atoms with Crippen LogP contribution in [0.1, 0.15) is 68.3 Å². The first-order valence-electron chi connectivity index (χ1n) is 13.3. The molecule has 4 N–H and O–H groups in total. The SMILES string of the molecule is CC(C)(C)OC(=O)c1nc(N)c2nc(C(=O)OC(C)(C)C)n(-c3ccc(NC(=O)Nc4ccc(Br)c(C(F)(F)F)c4)cc3)c2n1. The smallest absolute Gasteiger partial charge is 0.417 e. The van der Waals surface area contributed by atoms with E-state index in [1.165, 1.54) is 41.0 Å². The molecule has 0 aliphatic heterocycles. The van der Waals surface area contributed by atoms with Crippen molar-refractivity contribution in [2.75, 3.05) is 16.4 Å². The molecular weight excluding hydrogens is 663 g/mol. The highest BCUT2D eigenvalue weighted by molar-refractivity contribution is 9.10. The first-order chi connectivity index (χ1) is 20.7. The molecule has 2 aromatic heterocycles. The quantitative estimate of drug-likeness (QED) is 0.192. The highest BCUT2D eigenvalue weighted by Crippen LogP contribution is 2.36. The average molecular weight is 692 g/mol.